The van der Waals surface area contributed by atoms with Crippen LogP contribution in [0, 0.1) is 0 Å². The van der Waals surface area contributed by atoms with Crippen molar-refractivity contribution in [2.75, 3.05) is 13.7 Å². The van der Waals surface area contributed by atoms with Gasteiger partial charge in [-0.3, -0.25) is 9.59 Å². The highest BCUT2D eigenvalue weighted by atomic mass is 16.5. The van der Waals surface area contributed by atoms with E-state index in [0.717, 1.165) is 0 Å². The van der Waals surface area contributed by atoms with Gasteiger partial charge in [-0.15, -0.1) is 0 Å². The molecule has 7 heteroatoms. The van der Waals surface area contributed by atoms with Crippen LogP contribution in [0.25, 0.3) is 0 Å². The standard InChI is InChI=1S/C18H18N2O5/c1-13(21)25-17-6-4-3-5-14(17)11-19-20-18(22)12-24-16-9-7-15(23-2)8-10-16/h3-11H,12H2,1-2H3,(H,20,22). The zero-order chi connectivity index (χ0) is 18.1. The fourth-order valence-corrected chi connectivity index (χ4v) is 1.86. The van der Waals surface area contributed by atoms with Crippen LogP contribution in [0.15, 0.2) is 53.6 Å². The number of methoxy groups -OCH3 is 1. The van der Waals surface area contributed by atoms with Crippen LogP contribution in [0.2, 0.25) is 0 Å². The Bertz CT molecular complexity index is 756. The molecule has 0 unspecified atom stereocenters. The first kappa shape index (κ1) is 18.0. The van der Waals surface area contributed by atoms with Crippen LogP contribution in [0.1, 0.15) is 12.5 Å². The Hall–Kier alpha value is -3.35. The second-order valence-electron chi connectivity index (χ2n) is 4.89. The number of para-hydroxylation sites is 1. The monoisotopic (exact) mass is 342 g/mol. The molecule has 0 aliphatic heterocycles. The maximum absolute atomic E-state index is 11.7. The van der Waals surface area contributed by atoms with Crippen molar-refractivity contribution in [2.24, 2.45) is 5.10 Å². The quantitative estimate of drug-likeness (QED) is 0.361. The van der Waals surface area contributed by atoms with Gasteiger partial charge in [-0.25, -0.2) is 5.43 Å². The lowest BCUT2D eigenvalue weighted by Gasteiger charge is -2.06. The Balaban J connectivity index is 1.85. The van der Waals surface area contributed by atoms with E-state index in [2.05, 4.69) is 10.5 Å². The topological polar surface area (TPSA) is 86.2 Å². The number of hydrogen-bond acceptors (Lipinski definition) is 6. The summed E-state index contributed by atoms with van der Waals surface area (Å²) in [4.78, 5) is 22.8. The number of esters is 1. The maximum atomic E-state index is 11.7. The van der Waals surface area contributed by atoms with Crippen LogP contribution in [0.3, 0.4) is 0 Å². The van der Waals surface area contributed by atoms with E-state index < -0.39 is 11.9 Å². The van der Waals surface area contributed by atoms with Crippen molar-refractivity contribution in [3.8, 4) is 17.2 Å². The van der Waals surface area contributed by atoms with Crippen molar-refractivity contribution in [1.29, 1.82) is 0 Å². The van der Waals surface area contributed by atoms with E-state index in [-0.39, 0.29) is 6.61 Å². The van der Waals surface area contributed by atoms with E-state index in [9.17, 15) is 9.59 Å². The number of benzene rings is 2. The molecule has 25 heavy (non-hydrogen) atoms. The number of nitrogens with one attached hydrogen (secondary N) is 1. The molecular formula is C18H18N2O5. The summed E-state index contributed by atoms with van der Waals surface area (Å²) in [5.41, 5.74) is 2.91. The van der Waals surface area contributed by atoms with Crippen LogP contribution in [-0.4, -0.2) is 31.8 Å². The molecule has 0 aliphatic rings. The maximum Gasteiger partial charge on any atom is 0.308 e. The molecule has 0 bridgehead atoms. The molecule has 2 aromatic carbocycles. The largest absolute Gasteiger partial charge is 0.497 e. The van der Waals surface area contributed by atoms with Gasteiger partial charge in [0.1, 0.15) is 17.2 Å². The van der Waals surface area contributed by atoms with Gasteiger partial charge < -0.3 is 14.2 Å². The fraction of sp³-hybridized carbons (Fsp3) is 0.167. The Labute approximate surface area is 145 Å². The van der Waals surface area contributed by atoms with Crippen molar-refractivity contribution < 1.29 is 23.8 Å². The summed E-state index contributed by atoms with van der Waals surface area (Å²) in [7, 11) is 1.57. The molecule has 1 amide bonds. The second-order valence-corrected chi connectivity index (χ2v) is 4.89. The van der Waals surface area contributed by atoms with Gasteiger partial charge in [0.15, 0.2) is 6.61 Å². The summed E-state index contributed by atoms with van der Waals surface area (Å²) in [6.45, 7) is 1.13. The summed E-state index contributed by atoms with van der Waals surface area (Å²) in [5.74, 6) is 0.755. The molecule has 0 aliphatic carbocycles. The molecule has 130 valence electrons. The molecule has 0 aromatic heterocycles. The molecule has 2 rings (SSSR count). The van der Waals surface area contributed by atoms with E-state index in [1.54, 1.807) is 55.6 Å². The van der Waals surface area contributed by atoms with Gasteiger partial charge in [-0.05, 0) is 36.4 Å². The predicted octanol–water partition coefficient (Wildman–Crippen LogP) is 2.15. The normalized spacial score (nSPS) is 10.3. The minimum atomic E-state index is -0.433. The van der Waals surface area contributed by atoms with Gasteiger partial charge in [0.05, 0.1) is 13.3 Å². The van der Waals surface area contributed by atoms with Crippen molar-refractivity contribution in [3.05, 3.63) is 54.1 Å². The van der Waals surface area contributed by atoms with Gasteiger partial charge >= 0.3 is 5.97 Å². The minimum Gasteiger partial charge on any atom is -0.497 e. The zero-order valence-electron chi connectivity index (χ0n) is 13.9. The number of rotatable bonds is 7. The van der Waals surface area contributed by atoms with Crippen molar-refractivity contribution in [1.82, 2.24) is 5.43 Å². The molecule has 7 nitrogen and oxygen atoms in total. The molecule has 0 spiro atoms. The average Bonchev–Trinajstić information content (AvgIpc) is 2.61. The van der Waals surface area contributed by atoms with Crippen LogP contribution in [-0.2, 0) is 9.59 Å². The zero-order valence-corrected chi connectivity index (χ0v) is 13.9. The first-order valence-electron chi connectivity index (χ1n) is 7.44. The van der Waals surface area contributed by atoms with Crippen molar-refractivity contribution >= 4 is 18.1 Å². The van der Waals surface area contributed by atoms with Gasteiger partial charge in [0.25, 0.3) is 5.91 Å². The molecule has 2 aromatic rings. The second kappa shape index (κ2) is 9.07. The fourth-order valence-electron chi connectivity index (χ4n) is 1.86. The average molecular weight is 342 g/mol. The third-order valence-electron chi connectivity index (χ3n) is 2.99. The SMILES string of the molecule is COc1ccc(OCC(=O)NN=Cc2ccccc2OC(C)=O)cc1. The molecular weight excluding hydrogens is 324 g/mol. The Morgan fingerprint density at radius 2 is 1.76 bits per heavy atom. The third-order valence-corrected chi connectivity index (χ3v) is 2.99. The highest BCUT2D eigenvalue weighted by molar-refractivity contribution is 5.86. The summed E-state index contributed by atoms with van der Waals surface area (Å²) >= 11 is 0. The first-order chi connectivity index (χ1) is 12.1. The molecule has 0 atom stereocenters. The Morgan fingerprint density at radius 3 is 2.44 bits per heavy atom. The lowest BCUT2D eigenvalue weighted by molar-refractivity contribution is -0.132. The van der Waals surface area contributed by atoms with Crippen LogP contribution in [0.4, 0.5) is 0 Å². The molecule has 0 heterocycles. The van der Waals surface area contributed by atoms with Crippen LogP contribution >= 0.6 is 0 Å². The van der Waals surface area contributed by atoms with Crippen molar-refractivity contribution in [3.63, 3.8) is 0 Å². The molecule has 0 saturated carbocycles. The minimum absolute atomic E-state index is 0.185. The smallest absolute Gasteiger partial charge is 0.308 e. The van der Waals surface area contributed by atoms with Crippen LogP contribution < -0.4 is 19.6 Å². The summed E-state index contributed by atoms with van der Waals surface area (Å²) in [5, 5.41) is 3.83. The van der Waals surface area contributed by atoms with E-state index >= 15 is 0 Å². The molecule has 1 N–H and O–H groups in total. The number of amides is 1. The Kier molecular flexibility index (Phi) is 6.53. The first-order valence-corrected chi connectivity index (χ1v) is 7.44. The van der Waals surface area contributed by atoms with E-state index in [4.69, 9.17) is 14.2 Å². The number of nitrogens with zero attached hydrogens (tertiary/aromatic N) is 1. The third kappa shape index (κ3) is 5.98. The number of ether oxygens (including phenoxy) is 3. The highest BCUT2D eigenvalue weighted by Crippen LogP contribution is 2.17. The van der Waals surface area contributed by atoms with E-state index in [1.807, 2.05) is 0 Å². The highest BCUT2D eigenvalue weighted by Gasteiger charge is 2.04. The number of hydrazone groups is 1. The molecule has 0 fully saturated rings. The predicted molar refractivity (Wildman–Crippen MR) is 92.0 cm³/mol. The number of carbonyl (C=O) groups is 2. The lowest BCUT2D eigenvalue weighted by atomic mass is 10.2. The summed E-state index contributed by atoms with van der Waals surface area (Å²) in [6, 6.07) is 13.7. The van der Waals surface area contributed by atoms with Gasteiger partial charge in [0, 0.05) is 12.5 Å². The summed E-state index contributed by atoms with van der Waals surface area (Å²) in [6.07, 6.45) is 1.39. The van der Waals surface area contributed by atoms with Gasteiger partial charge in [-0.2, -0.15) is 5.10 Å². The van der Waals surface area contributed by atoms with Crippen LogP contribution in [0.5, 0.6) is 17.2 Å². The number of carbonyl (C=O) groups excluding carboxylic acids is 2. The lowest BCUT2D eigenvalue weighted by Crippen LogP contribution is -2.24. The number of hydrogen-bond donors (Lipinski definition) is 1. The van der Waals surface area contributed by atoms with Crippen molar-refractivity contribution in [2.45, 2.75) is 6.92 Å². The summed E-state index contributed by atoms with van der Waals surface area (Å²) < 4.78 is 15.4. The van der Waals surface area contributed by atoms with E-state index in [0.29, 0.717) is 22.8 Å². The molecule has 0 radical (unpaired) electrons. The van der Waals surface area contributed by atoms with E-state index in [1.165, 1.54) is 13.1 Å². The molecule has 0 saturated heterocycles. The van der Waals surface area contributed by atoms with Gasteiger partial charge in [-0.1, -0.05) is 12.1 Å². The van der Waals surface area contributed by atoms with Gasteiger partial charge in [0.2, 0.25) is 0 Å². The Morgan fingerprint density at radius 1 is 1.08 bits per heavy atom.